The van der Waals surface area contributed by atoms with Crippen molar-refractivity contribution in [2.24, 2.45) is 0 Å². The number of nitrogens with one attached hydrogen (secondary N) is 2. The van der Waals surface area contributed by atoms with Gasteiger partial charge >= 0.3 is 0 Å². The Kier molecular flexibility index (Phi) is 3.54. The number of halogens is 1. The molecule has 0 aromatic heterocycles. The summed E-state index contributed by atoms with van der Waals surface area (Å²) < 4.78 is 0. The molecule has 0 radical (unpaired) electrons. The number of benzene rings is 1. The number of anilines is 2. The maximum absolute atomic E-state index is 7.47. The van der Waals surface area contributed by atoms with Crippen molar-refractivity contribution in [3.63, 3.8) is 0 Å². The summed E-state index contributed by atoms with van der Waals surface area (Å²) in [6.07, 6.45) is 1.30. The van der Waals surface area contributed by atoms with Gasteiger partial charge in [0.2, 0.25) is 0 Å². The van der Waals surface area contributed by atoms with Gasteiger partial charge in [0.25, 0.3) is 0 Å². The van der Waals surface area contributed by atoms with Crippen LogP contribution in [0, 0.1) is 5.41 Å². The molecular weight excluding hydrogens is 236 g/mol. The highest BCUT2D eigenvalue weighted by atomic mass is 35.5. The van der Waals surface area contributed by atoms with Crippen LogP contribution in [-0.4, -0.2) is 31.9 Å². The van der Waals surface area contributed by atoms with Crippen molar-refractivity contribution in [1.29, 1.82) is 5.41 Å². The Morgan fingerprint density at radius 2 is 2.35 bits per heavy atom. The number of rotatable bonds is 2. The molecule has 1 fully saturated rings. The van der Waals surface area contributed by atoms with E-state index in [4.69, 9.17) is 22.7 Å². The first kappa shape index (κ1) is 12.2. The van der Waals surface area contributed by atoms with E-state index in [0.29, 0.717) is 16.8 Å². The van der Waals surface area contributed by atoms with Crippen LogP contribution < -0.4 is 16.0 Å². The maximum atomic E-state index is 7.47. The second-order valence-corrected chi connectivity index (χ2v) is 4.81. The summed E-state index contributed by atoms with van der Waals surface area (Å²) >= 11 is 6.04. The fourth-order valence-corrected chi connectivity index (χ4v) is 2.42. The summed E-state index contributed by atoms with van der Waals surface area (Å²) in [6, 6.07) is 4.01. The lowest BCUT2D eigenvalue weighted by atomic mass is 10.1. The van der Waals surface area contributed by atoms with Crippen LogP contribution in [-0.2, 0) is 0 Å². The molecule has 4 nitrogen and oxygen atoms in total. The van der Waals surface area contributed by atoms with Crippen LogP contribution in [0.5, 0.6) is 0 Å². The number of nitrogens with zero attached hydrogens (tertiary/aromatic N) is 1. The number of nitrogens with two attached hydrogens (primary N) is 1. The molecule has 17 heavy (non-hydrogen) atoms. The van der Waals surface area contributed by atoms with E-state index in [1.807, 2.05) is 6.07 Å². The first-order valence-corrected chi connectivity index (χ1v) is 6.07. The summed E-state index contributed by atoms with van der Waals surface area (Å²) in [5, 5.41) is 11.5. The highest BCUT2D eigenvalue weighted by Gasteiger charge is 2.19. The topological polar surface area (TPSA) is 65.1 Å². The van der Waals surface area contributed by atoms with Crippen molar-refractivity contribution in [1.82, 2.24) is 5.32 Å². The lowest BCUT2D eigenvalue weighted by Gasteiger charge is -2.34. The lowest BCUT2D eigenvalue weighted by molar-refractivity contribution is 0.485. The van der Waals surface area contributed by atoms with Crippen LogP contribution >= 0.6 is 11.6 Å². The van der Waals surface area contributed by atoms with Gasteiger partial charge in [0.1, 0.15) is 0 Å². The Balaban J connectivity index is 2.39. The van der Waals surface area contributed by atoms with E-state index < -0.39 is 0 Å². The number of nitrogen functional groups attached to an aromatic ring is 1. The SMILES string of the molecule is C[C@@H]1CN(c2cc(Cl)cc(N)c2C=N)CCN1. The zero-order valence-corrected chi connectivity index (χ0v) is 10.6. The summed E-state index contributed by atoms with van der Waals surface area (Å²) in [5.74, 6) is 0. The molecule has 0 saturated carbocycles. The average Bonchev–Trinajstić information content (AvgIpc) is 2.28. The van der Waals surface area contributed by atoms with Crippen LogP contribution in [0.25, 0.3) is 0 Å². The fourth-order valence-electron chi connectivity index (χ4n) is 2.19. The van der Waals surface area contributed by atoms with Gasteiger partial charge < -0.3 is 21.4 Å². The molecular formula is C12H17ClN4. The molecule has 2 rings (SSSR count). The van der Waals surface area contributed by atoms with E-state index in [9.17, 15) is 0 Å². The van der Waals surface area contributed by atoms with Crippen molar-refractivity contribution in [3.8, 4) is 0 Å². The molecule has 1 heterocycles. The molecule has 0 amide bonds. The lowest BCUT2D eigenvalue weighted by Crippen LogP contribution is -2.49. The highest BCUT2D eigenvalue weighted by molar-refractivity contribution is 6.31. The molecule has 0 bridgehead atoms. The molecule has 1 aliphatic heterocycles. The molecule has 4 N–H and O–H groups in total. The monoisotopic (exact) mass is 252 g/mol. The normalized spacial score (nSPS) is 20.4. The van der Waals surface area contributed by atoms with Gasteiger partial charge in [-0.3, -0.25) is 0 Å². The molecule has 1 atom stereocenters. The molecule has 0 spiro atoms. The van der Waals surface area contributed by atoms with Gasteiger partial charge in [0.05, 0.1) is 0 Å². The van der Waals surface area contributed by atoms with Crippen molar-refractivity contribution in [3.05, 3.63) is 22.7 Å². The minimum atomic E-state index is 0.433. The highest BCUT2D eigenvalue weighted by Crippen LogP contribution is 2.29. The van der Waals surface area contributed by atoms with E-state index in [2.05, 4.69) is 17.1 Å². The van der Waals surface area contributed by atoms with Gasteiger partial charge in [-0.05, 0) is 19.1 Å². The van der Waals surface area contributed by atoms with Crippen LogP contribution in [0.4, 0.5) is 11.4 Å². The van der Waals surface area contributed by atoms with E-state index in [1.165, 1.54) is 6.21 Å². The van der Waals surface area contributed by atoms with E-state index in [0.717, 1.165) is 30.9 Å². The number of hydrogen-bond acceptors (Lipinski definition) is 4. The maximum Gasteiger partial charge on any atom is 0.0492 e. The van der Waals surface area contributed by atoms with E-state index in [1.54, 1.807) is 6.07 Å². The quantitative estimate of drug-likeness (QED) is 0.555. The Morgan fingerprint density at radius 1 is 1.59 bits per heavy atom. The van der Waals surface area contributed by atoms with Crippen molar-refractivity contribution < 1.29 is 0 Å². The fraction of sp³-hybridized carbons (Fsp3) is 0.417. The largest absolute Gasteiger partial charge is 0.398 e. The Morgan fingerprint density at radius 3 is 3.00 bits per heavy atom. The summed E-state index contributed by atoms with van der Waals surface area (Å²) in [5.41, 5.74) is 8.17. The van der Waals surface area contributed by atoms with Gasteiger partial charge in [-0.15, -0.1) is 0 Å². The molecule has 92 valence electrons. The summed E-state index contributed by atoms with van der Waals surface area (Å²) in [4.78, 5) is 2.23. The number of hydrogen-bond donors (Lipinski definition) is 3. The van der Waals surface area contributed by atoms with Crippen LogP contribution in [0.2, 0.25) is 5.02 Å². The van der Waals surface area contributed by atoms with Gasteiger partial charge in [-0.1, -0.05) is 11.6 Å². The minimum Gasteiger partial charge on any atom is -0.398 e. The first-order valence-electron chi connectivity index (χ1n) is 5.69. The molecule has 1 aliphatic rings. The van der Waals surface area contributed by atoms with Crippen molar-refractivity contribution >= 4 is 29.2 Å². The molecule has 5 heteroatoms. The average molecular weight is 253 g/mol. The zero-order chi connectivity index (χ0) is 12.4. The van der Waals surface area contributed by atoms with Crippen LogP contribution in [0.15, 0.2) is 12.1 Å². The Bertz CT molecular complexity index is 433. The minimum absolute atomic E-state index is 0.433. The Hall–Kier alpha value is -1.26. The van der Waals surface area contributed by atoms with Crippen LogP contribution in [0.3, 0.4) is 0 Å². The smallest absolute Gasteiger partial charge is 0.0492 e. The summed E-state index contributed by atoms with van der Waals surface area (Å²) in [6.45, 7) is 4.89. The third-order valence-electron chi connectivity index (χ3n) is 3.01. The van der Waals surface area contributed by atoms with Gasteiger partial charge in [-0.25, -0.2) is 0 Å². The predicted molar refractivity (Wildman–Crippen MR) is 73.4 cm³/mol. The van der Waals surface area contributed by atoms with E-state index in [-0.39, 0.29) is 0 Å². The molecule has 0 aliphatic carbocycles. The Labute approximate surface area is 106 Å². The first-order chi connectivity index (χ1) is 8.11. The molecule has 1 aromatic rings. The van der Waals surface area contributed by atoms with Gasteiger partial charge in [0.15, 0.2) is 0 Å². The standard InChI is InChI=1S/C12H17ClN4/c1-8-7-17(3-2-16-8)12-5-9(13)4-11(15)10(12)6-14/h4-6,8,14,16H,2-3,7,15H2,1H3/t8-/m1/s1. The van der Waals surface area contributed by atoms with E-state index >= 15 is 0 Å². The van der Waals surface area contributed by atoms with Crippen molar-refractivity contribution in [2.45, 2.75) is 13.0 Å². The third-order valence-corrected chi connectivity index (χ3v) is 3.23. The van der Waals surface area contributed by atoms with Crippen molar-refractivity contribution in [2.75, 3.05) is 30.3 Å². The van der Waals surface area contributed by atoms with Crippen LogP contribution in [0.1, 0.15) is 12.5 Å². The molecule has 1 saturated heterocycles. The summed E-state index contributed by atoms with van der Waals surface area (Å²) in [7, 11) is 0. The second kappa shape index (κ2) is 4.94. The van der Waals surface area contributed by atoms with Gasteiger partial charge in [0, 0.05) is 53.9 Å². The van der Waals surface area contributed by atoms with Gasteiger partial charge in [-0.2, -0.15) is 0 Å². The molecule has 0 unspecified atom stereocenters. The number of piperazine rings is 1. The predicted octanol–water partition coefficient (Wildman–Crippen LogP) is 1.72. The molecule has 1 aromatic carbocycles. The third kappa shape index (κ3) is 2.53. The zero-order valence-electron chi connectivity index (χ0n) is 9.83. The second-order valence-electron chi connectivity index (χ2n) is 4.37.